The molecule has 6 heteroatoms. The summed E-state index contributed by atoms with van der Waals surface area (Å²) in [4.78, 5) is 26.9. The highest BCUT2D eigenvalue weighted by molar-refractivity contribution is 6.04. The lowest BCUT2D eigenvalue weighted by Gasteiger charge is -2.18. The molecule has 1 heterocycles. The van der Waals surface area contributed by atoms with E-state index in [0.717, 1.165) is 16.7 Å². The van der Waals surface area contributed by atoms with Gasteiger partial charge in [0.25, 0.3) is 11.8 Å². The maximum Gasteiger partial charge on any atom is 0.291 e. The smallest absolute Gasteiger partial charge is 0.291 e. The number of aryl methyl sites for hydroxylation is 1. The van der Waals surface area contributed by atoms with Gasteiger partial charge in [0.15, 0.2) is 5.76 Å². The number of ether oxygens (including phenoxy) is 1. The summed E-state index contributed by atoms with van der Waals surface area (Å²) in [5, 5.41) is 2.82. The molecule has 0 aliphatic carbocycles. The molecule has 0 radical (unpaired) electrons. The third-order valence-electron chi connectivity index (χ3n) is 4.55. The Bertz CT molecular complexity index is 979. The van der Waals surface area contributed by atoms with E-state index in [-0.39, 0.29) is 17.6 Å². The lowest BCUT2D eigenvalue weighted by atomic mass is 10.0. The number of anilines is 1. The fourth-order valence-corrected chi connectivity index (χ4v) is 2.89. The first-order valence-corrected chi connectivity index (χ1v) is 9.29. The standard InChI is InChI=1S/C23H24N2O4/c1-16-6-8-17(9-7-16)18-13-19(23(27)25(2)10-12-28-3)15-20(14-18)24-22(26)21-5-4-11-29-21/h4-9,11,13-15H,10,12H2,1-3H3,(H,24,26). The van der Waals surface area contributed by atoms with Crippen LogP contribution in [-0.4, -0.2) is 44.0 Å². The molecule has 0 saturated heterocycles. The van der Waals surface area contributed by atoms with Gasteiger partial charge in [-0.3, -0.25) is 9.59 Å². The van der Waals surface area contributed by atoms with Gasteiger partial charge < -0.3 is 19.4 Å². The monoisotopic (exact) mass is 392 g/mol. The van der Waals surface area contributed by atoms with E-state index in [9.17, 15) is 9.59 Å². The van der Waals surface area contributed by atoms with Crippen LogP contribution in [0.4, 0.5) is 5.69 Å². The molecule has 1 N–H and O–H groups in total. The highest BCUT2D eigenvalue weighted by Crippen LogP contribution is 2.26. The number of nitrogens with zero attached hydrogens (tertiary/aromatic N) is 1. The molecule has 1 aromatic heterocycles. The second-order valence-corrected chi connectivity index (χ2v) is 6.82. The summed E-state index contributed by atoms with van der Waals surface area (Å²) in [6.45, 7) is 2.93. The van der Waals surface area contributed by atoms with Crippen LogP contribution in [0.15, 0.2) is 65.3 Å². The number of rotatable bonds is 7. The van der Waals surface area contributed by atoms with E-state index in [1.807, 2.05) is 43.3 Å². The zero-order valence-electron chi connectivity index (χ0n) is 16.8. The van der Waals surface area contributed by atoms with Crippen molar-refractivity contribution < 1.29 is 18.7 Å². The van der Waals surface area contributed by atoms with Gasteiger partial charge in [0, 0.05) is 32.0 Å². The minimum atomic E-state index is -0.373. The third kappa shape index (κ3) is 5.12. The second kappa shape index (κ2) is 9.21. The summed E-state index contributed by atoms with van der Waals surface area (Å²) in [7, 11) is 3.32. The summed E-state index contributed by atoms with van der Waals surface area (Å²) in [6.07, 6.45) is 1.44. The third-order valence-corrected chi connectivity index (χ3v) is 4.55. The topological polar surface area (TPSA) is 71.8 Å². The molecule has 2 amide bonds. The molecular weight excluding hydrogens is 368 g/mol. The van der Waals surface area contributed by atoms with Crippen molar-refractivity contribution in [2.24, 2.45) is 0 Å². The number of nitrogens with one attached hydrogen (secondary N) is 1. The van der Waals surface area contributed by atoms with Crippen molar-refractivity contribution in [3.8, 4) is 11.1 Å². The zero-order valence-corrected chi connectivity index (χ0v) is 16.8. The molecule has 0 aliphatic heterocycles. The van der Waals surface area contributed by atoms with Crippen molar-refractivity contribution in [1.29, 1.82) is 0 Å². The predicted molar refractivity (Wildman–Crippen MR) is 112 cm³/mol. The number of likely N-dealkylation sites (N-methyl/N-ethyl adjacent to an activating group) is 1. The van der Waals surface area contributed by atoms with Crippen LogP contribution in [-0.2, 0) is 4.74 Å². The molecule has 3 aromatic rings. The van der Waals surface area contributed by atoms with Gasteiger partial charge in [0.05, 0.1) is 12.9 Å². The number of carbonyl (C=O) groups is 2. The summed E-state index contributed by atoms with van der Waals surface area (Å²) >= 11 is 0. The molecule has 2 aromatic carbocycles. The SMILES string of the molecule is COCCN(C)C(=O)c1cc(NC(=O)c2ccco2)cc(-c2ccc(C)cc2)c1. The molecule has 0 fully saturated rings. The number of hydrogen-bond donors (Lipinski definition) is 1. The second-order valence-electron chi connectivity index (χ2n) is 6.82. The maximum absolute atomic E-state index is 12.9. The van der Waals surface area contributed by atoms with Gasteiger partial charge >= 0.3 is 0 Å². The predicted octanol–water partition coefficient (Wildman–Crippen LogP) is 4.23. The summed E-state index contributed by atoms with van der Waals surface area (Å²) in [5.41, 5.74) is 3.94. The van der Waals surface area contributed by atoms with Crippen LogP contribution < -0.4 is 5.32 Å². The van der Waals surface area contributed by atoms with Gasteiger partial charge in [-0.25, -0.2) is 0 Å². The Morgan fingerprint density at radius 2 is 1.83 bits per heavy atom. The van der Waals surface area contributed by atoms with Crippen LogP contribution in [0.3, 0.4) is 0 Å². The fourth-order valence-electron chi connectivity index (χ4n) is 2.89. The average Bonchev–Trinajstić information content (AvgIpc) is 3.27. The highest BCUT2D eigenvalue weighted by atomic mass is 16.5. The maximum atomic E-state index is 12.9. The van der Waals surface area contributed by atoms with Gasteiger partial charge in [0.2, 0.25) is 0 Å². The van der Waals surface area contributed by atoms with Gasteiger partial charge in [-0.15, -0.1) is 0 Å². The Morgan fingerprint density at radius 1 is 1.07 bits per heavy atom. The van der Waals surface area contributed by atoms with Crippen molar-refractivity contribution >= 4 is 17.5 Å². The number of carbonyl (C=O) groups excluding carboxylic acids is 2. The molecular formula is C23H24N2O4. The van der Waals surface area contributed by atoms with Crippen molar-refractivity contribution in [1.82, 2.24) is 4.90 Å². The Morgan fingerprint density at radius 3 is 2.48 bits per heavy atom. The van der Waals surface area contributed by atoms with E-state index in [2.05, 4.69) is 5.32 Å². The molecule has 0 spiro atoms. The van der Waals surface area contributed by atoms with Crippen molar-refractivity contribution in [3.05, 3.63) is 77.7 Å². The van der Waals surface area contributed by atoms with E-state index < -0.39 is 0 Å². The minimum Gasteiger partial charge on any atom is -0.459 e. The van der Waals surface area contributed by atoms with Crippen LogP contribution in [0.5, 0.6) is 0 Å². The van der Waals surface area contributed by atoms with Crippen LogP contribution in [0.25, 0.3) is 11.1 Å². The van der Waals surface area contributed by atoms with Gasteiger partial charge in [0.1, 0.15) is 0 Å². The molecule has 0 saturated carbocycles. The fraction of sp³-hybridized carbons (Fsp3) is 0.217. The molecule has 6 nitrogen and oxygen atoms in total. The molecule has 3 rings (SSSR count). The number of benzene rings is 2. The lowest BCUT2D eigenvalue weighted by Crippen LogP contribution is -2.30. The molecule has 0 bridgehead atoms. The zero-order chi connectivity index (χ0) is 20.8. The van der Waals surface area contributed by atoms with E-state index >= 15 is 0 Å². The summed E-state index contributed by atoms with van der Waals surface area (Å²) < 4.78 is 10.2. The van der Waals surface area contributed by atoms with Crippen LogP contribution in [0, 0.1) is 6.92 Å². The van der Waals surface area contributed by atoms with Gasteiger partial charge in [-0.2, -0.15) is 0 Å². The first kappa shape index (κ1) is 20.4. The first-order chi connectivity index (χ1) is 14.0. The van der Waals surface area contributed by atoms with Crippen LogP contribution in [0.1, 0.15) is 26.5 Å². The first-order valence-electron chi connectivity index (χ1n) is 9.29. The number of hydrogen-bond acceptors (Lipinski definition) is 4. The summed E-state index contributed by atoms with van der Waals surface area (Å²) in [6, 6.07) is 16.6. The summed E-state index contributed by atoms with van der Waals surface area (Å²) in [5.74, 6) is -0.317. The number of furan rings is 1. The van der Waals surface area contributed by atoms with E-state index in [4.69, 9.17) is 9.15 Å². The van der Waals surface area contributed by atoms with Gasteiger partial charge in [-0.05, 0) is 48.4 Å². The molecule has 0 aliphatic rings. The number of methoxy groups -OCH3 is 1. The Hall–Kier alpha value is -3.38. The van der Waals surface area contributed by atoms with E-state index in [1.165, 1.54) is 6.26 Å². The van der Waals surface area contributed by atoms with Gasteiger partial charge in [-0.1, -0.05) is 29.8 Å². The van der Waals surface area contributed by atoms with Crippen LogP contribution in [0.2, 0.25) is 0 Å². The lowest BCUT2D eigenvalue weighted by molar-refractivity contribution is 0.0744. The minimum absolute atomic E-state index is 0.149. The van der Waals surface area contributed by atoms with Crippen molar-refractivity contribution in [3.63, 3.8) is 0 Å². The Labute approximate surface area is 170 Å². The molecule has 0 unspecified atom stereocenters. The molecule has 0 atom stereocenters. The molecule has 150 valence electrons. The normalized spacial score (nSPS) is 10.6. The van der Waals surface area contributed by atoms with Crippen molar-refractivity contribution in [2.45, 2.75) is 6.92 Å². The number of amides is 2. The quantitative estimate of drug-likeness (QED) is 0.653. The Kier molecular flexibility index (Phi) is 6.46. The van der Waals surface area contributed by atoms with Crippen molar-refractivity contribution in [2.75, 3.05) is 32.6 Å². The molecule has 29 heavy (non-hydrogen) atoms. The van der Waals surface area contributed by atoms with E-state index in [0.29, 0.717) is 24.4 Å². The Balaban J connectivity index is 1.96. The largest absolute Gasteiger partial charge is 0.459 e. The average molecular weight is 392 g/mol. The highest BCUT2D eigenvalue weighted by Gasteiger charge is 2.16. The van der Waals surface area contributed by atoms with E-state index in [1.54, 1.807) is 37.3 Å². The van der Waals surface area contributed by atoms with Crippen LogP contribution >= 0.6 is 0 Å².